The molecule has 0 heterocycles. The van der Waals surface area contributed by atoms with Crippen molar-refractivity contribution in [3.05, 3.63) is 0 Å². The van der Waals surface area contributed by atoms with E-state index in [1.54, 1.807) is 14.2 Å². The van der Waals surface area contributed by atoms with Crippen LogP contribution < -0.4 is 0 Å². The smallest absolute Gasteiger partial charge is 0.118 e. The highest BCUT2D eigenvalue weighted by atomic mass is 28.3. The first-order valence-electron chi connectivity index (χ1n) is 5.41. The van der Waals surface area contributed by atoms with Gasteiger partial charge in [0.15, 0.2) is 0 Å². The van der Waals surface area contributed by atoms with Crippen LogP contribution in [0.4, 0.5) is 0 Å². The Hall–Kier alpha value is 0.137. The fraction of sp³-hybridized carbons (Fsp3) is 1.00. The predicted octanol–water partition coefficient (Wildman–Crippen LogP) is 3.02. The van der Waals surface area contributed by atoms with Gasteiger partial charge in [-0.2, -0.15) is 0 Å². The quantitative estimate of drug-likeness (QED) is 0.638. The molecule has 2 nitrogen and oxygen atoms in total. The Morgan fingerprint density at radius 3 is 1.64 bits per heavy atom. The molecule has 0 amide bonds. The van der Waals surface area contributed by atoms with Gasteiger partial charge in [-0.1, -0.05) is 40.2 Å². The lowest BCUT2D eigenvalue weighted by molar-refractivity contribution is 0.209. The molecule has 3 heteroatoms. The second-order valence-corrected chi connectivity index (χ2v) is 10.3. The van der Waals surface area contributed by atoms with Crippen LogP contribution in [-0.4, -0.2) is 34.8 Å². The Morgan fingerprint density at radius 1 is 1.00 bits per heavy atom. The first-order chi connectivity index (χ1) is 6.43. The predicted molar refractivity (Wildman–Crippen MR) is 64.3 cm³/mol. The van der Waals surface area contributed by atoms with Gasteiger partial charge in [0, 0.05) is 26.7 Å². The van der Waals surface area contributed by atoms with Gasteiger partial charge in [0.1, 0.15) is 8.07 Å². The molecule has 0 aromatic carbocycles. The fourth-order valence-electron chi connectivity index (χ4n) is 2.03. The molecule has 14 heavy (non-hydrogen) atoms. The zero-order chi connectivity index (χ0) is 11.2. The molecule has 0 aliphatic rings. The number of hydrogen-bond donors (Lipinski definition) is 0. The van der Waals surface area contributed by atoms with Crippen molar-refractivity contribution in [1.29, 1.82) is 0 Å². The number of methoxy groups -OCH3 is 2. The minimum Gasteiger partial charge on any atom is -0.388 e. The Kier molecular flexibility index (Phi) is 5.94. The van der Waals surface area contributed by atoms with Crippen LogP contribution in [0.1, 0.15) is 34.1 Å². The molecule has 0 aromatic rings. The fourth-order valence-corrected chi connectivity index (χ4v) is 6.08. The molecule has 0 bridgehead atoms. The molecule has 0 atom stereocenters. The summed E-state index contributed by atoms with van der Waals surface area (Å²) in [7, 11) is 2.17. The van der Waals surface area contributed by atoms with Crippen molar-refractivity contribution >= 4 is 8.07 Å². The maximum absolute atomic E-state index is 5.42. The highest BCUT2D eigenvalue weighted by Crippen LogP contribution is 2.39. The molecule has 0 aliphatic carbocycles. The van der Waals surface area contributed by atoms with Gasteiger partial charge in [0.05, 0.1) is 0 Å². The normalized spacial score (nSPS) is 13.3. The topological polar surface area (TPSA) is 18.5 Å². The number of ether oxygens (including phenoxy) is 2. The van der Waals surface area contributed by atoms with Gasteiger partial charge in [0.25, 0.3) is 0 Å². The minimum atomic E-state index is -1.44. The van der Waals surface area contributed by atoms with Crippen LogP contribution in [0.5, 0.6) is 0 Å². The van der Waals surface area contributed by atoms with E-state index in [0.29, 0.717) is 5.04 Å². The minimum absolute atomic E-state index is 0.356. The van der Waals surface area contributed by atoms with E-state index in [1.807, 2.05) is 0 Å². The summed E-state index contributed by atoms with van der Waals surface area (Å²) < 4.78 is 10.8. The van der Waals surface area contributed by atoms with Crippen molar-refractivity contribution in [3.63, 3.8) is 0 Å². The van der Waals surface area contributed by atoms with Gasteiger partial charge in [-0.3, -0.25) is 0 Å². The van der Waals surface area contributed by atoms with Crippen LogP contribution in [-0.2, 0) is 9.47 Å². The summed E-state index contributed by atoms with van der Waals surface area (Å²) in [4.78, 5) is 0. The first kappa shape index (κ1) is 14.1. The molecule has 0 radical (unpaired) electrons. The second kappa shape index (κ2) is 5.88. The van der Waals surface area contributed by atoms with Crippen LogP contribution in [0.15, 0.2) is 0 Å². The molecule has 0 saturated carbocycles. The third kappa shape index (κ3) is 3.37. The Morgan fingerprint density at radius 2 is 1.43 bits per heavy atom. The van der Waals surface area contributed by atoms with E-state index in [4.69, 9.17) is 9.47 Å². The third-order valence-corrected chi connectivity index (χ3v) is 9.48. The van der Waals surface area contributed by atoms with Crippen molar-refractivity contribution in [2.45, 2.75) is 45.2 Å². The summed E-state index contributed by atoms with van der Waals surface area (Å²) >= 11 is 0. The van der Waals surface area contributed by atoms with Crippen molar-refractivity contribution in [3.8, 4) is 0 Å². The van der Waals surface area contributed by atoms with Gasteiger partial charge in [-0.05, 0) is 5.04 Å². The average Bonchev–Trinajstić information content (AvgIpc) is 2.03. The highest BCUT2D eigenvalue weighted by Gasteiger charge is 2.43. The number of rotatable bonds is 6. The maximum atomic E-state index is 5.42. The van der Waals surface area contributed by atoms with Gasteiger partial charge in [-0.25, -0.2) is 0 Å². The molecule has 0 spiro atoms. The van der Waals surface area contributed by atoms with Gasteiger partial charge < -0.3 is 9.47 Å². The Labute approximate surface area is 90.0 Å². The Balaban J connectivity index is 4.73. The summed E-state index contributed by atoms with van der Waals surface area (Å²) in [6.07, 6.45) is 3.06. The van der Waals surface area contributed by atoms with Crippen LogP contribution in [0.2, 0.25) is 11.1 Å². The van der Waals surface area contributed by atoms with Crippen molar-refractivity contribution in [1.82, 2.24) is 0 Å². The lowest BCUT2D eigenvalue weighted by atomic mass is 10.2. The molecule has 0 unspecified atom stereocenters. The average molecular weight is 218 g/mol. The monoisotopic (exact) mass is 218 g/mol. The second-order valence-electron chi connectivity index (χ2n) is 5.15. The lowest BCUT2D eigenvalue weighted by Crippen LogP contribution is -2.52. The summed E-state index contributed by atoms with van der Waals surface area (Å²) in [6, 6.07) is 1.29. The van der Waals surface area contributed by atoms with E-state index in [1.165, 1.54) is 12.5 Å². The van der Waals surface area contributed by atoms with Gasteiger partial charge in [-0.15, -0.1) is 0 Å². The molecule has 0 fully saturated rings. The molecule has 86 valence electrons. The summed E-state index contributed by atoms with van der Waals surface area (Å²) in [5.41, 5.74) is 0. The van der Waals surface area contributed by atoms with Crippen LogP contribution in [0.3, 0.4) is 0 Å². The third-order valence-electron chi connectivity index (χ3n) is 3.16. The molecule has 0 aromatic heterocycles. The van der Waals surface area contributed by atoms with E-state index in [0.717, 1.165) is 12.5 Å². The summed E-state index contributed by atoms with van der Waals surface area (Å²) in [5.74, 6) is 0. The molecular weight excluding hydrogens is 192 g/mol. The van der Waals surface area contributed by atoms with E-state index < -0.39 is 8.07 Å². The zero-order valence-electron chi connectivity index (χ0n) is 10.6. The first-order valence-corrected chi connectivity index (χ1v) is 8.03. The Bertz CT molecular complexity index is 135. The molecule has 0 N–H and O–H groups in total. The van der Waals surface area contributed by atoms with E-state index in [2.05, 4.69) is 27.7 Å². The van der Waals surface area contributed by atoms with Gasteiger partial charge >= 0.3 is 0 Å². The molecule has 0 saturated heterocycles. The zero-order valence-corrected chi connectivity index (χ0v) is 11.6. The van der Waals surface area contributed by atoms with Crippen molar-refractivity contribution in [2.24, 2.45) is 0 Å². The van der Waals surface area contributed by atoms with Crippen LogP contribution >= 0.6 is 0 Å². The molecule has 0 aliphatic heterocycles. The van der Waals surface area contributed by atoms with Gasteiger partial charge in [0.2, 0.25) is 0 Å². The van der Waals surface area contributed by atoms with E-state index in [-0.39, 0.29) is 0 Å². The molecular formula is C11H26O2Si. The lowest BCUT2D eigenvalue weighted by Gasteiger charge is -2.42. The largest absolute Gasteiger partial charge is 0.388 e. The van der Waals surface area contributed by atoms with Crippen LogP contribution in [0.25, 0.3) is 0 Å². The highest BCUT2D eigenvalue weighted by molar-refractivity contribution is 6.82. The van der Waals surface area contributed by atoms with Crippen molar-refractivity contribution in [2.75, 3.05) is 26.7 Å². The van der Waals surface area contributed by atoms with E-state index in [9.17, 15) is 0 Å². The SMILES string of the molecule is CCC[Si](COC)(COC)C(C)(C)C. The summed E-state index contributed by atoms with van der Waals surface area (Å²) in [5, 5.41) is 0.356. The maximum Gasteiger partial charge on any atom is 0.118 e. The van der Waals surface area contributed by atoms with Crippen molar-refractivity contribution < 1.29 is 9.47 Å². The standard InChI is InChI=1S/C11H26O2Si/c1-7-8-14(9-12-5,10-13-6)11(2,3)4/h7-10H2,1-6H3. The summed E-state index contributed by atoms with van der Waals surface area (Å²) in [6.45, 7) is 9.23. The molecule has 0 rings (SSSR count). The number of hydrogen-bond acceptors (Lipinski definition) is 2. The van der Waals surface area contributed by atoms with Crippen LogP contribution in [0, 0.1) is 0 Å². The van der Waals surface area contributed by atoms with E-state index >= 15 is 0 Å².